The van der Waals surface area contributed by atoms with Crippen molar-refractivity contribution in [1.82, 2.24) is 35.0 Å². The van der Waals surface area contributed by atoms with Crippen LogP contribution < -0.4 is 30.6 Å². The van der Waals surface area contributed by atoms with E-state index in [2.05, 4.69) is 15.6 Å². The molecule has 272 valence electrons. The average molecular weight is 705 g/mol. The highest BCUT2D eigenvalue weighted by atomic mass is 16.4. The molecule has 0 atom stereocenters. The van der Waals surface area contributed by atoms with Crippen LogP contribution in [0.2, 0.25) is 0 Å². The van der Waals surface area contributed by atoms with Gasteiger partial charge in [0.25, 0.3) is 0 Å². The maximum atomic E-state index is 13.2. The van der Waals surface area contributed by atoms with Crippen LogP contribution in [-0.4, -0.2) is 131 Å². The Balaban J connectivity index is 1.50. The lowest BCUT2D eigenvalue weighted by molar-refractivity contribution is -0.312. The highest BCUT2D eigenvalue weighted by Crippen LogP contribution is 2.40. The van der Waals surface area contributed by atoms with Crippen LogP contribution in [-0.2, 0) is 41.9 Å². The number of anilines is 1. The number of aliphatic carboxylic acids is 4. The van der Waals surface area contributed by atoms with Crippen LogP contribution >= 0.6 is 0 Å². The highest BCUT2D eigenvalue weighted by molar-refractivity contribution is 5.99. The lowest BCUT2D eigenvalue weighted by Crippen LogP contribution is -2.50. The zero-order chi connectivity index (χ0) is 37.1. The van der Waals surface area contributed by atoms with Gasteiger partial charge in [-0.3, -0.25) is 24.3 Å². The monoisotopic (exact) mass is 704 g/mol. The molecule has 1 aromatic heterocycles. The molecule has 0 bridgehead atoms. The largest absolute Gasteiger partial charge is 0.549 e. The summed E-state index contributed by atoms with van der Waals surface area (Å²) in [5.41, 5.74) is 4.31. The predicted octanol–water partition coefficient (Wildman–Crippen LogP) is -5.50. The molecule has 2 amide bonds. The van der Waals surface area contributed by atoms with E-state index in [-0.39, 0.29) is 51.7 Å². The minimum Gasteiger partial charge on any atom is -0.549 e. The minimum atomic E-state index is -1.53. The van der Waals surface area contributed by atoms with Crippen LogP contribution in [0.5, 0.6) is 0 Å². The van der Waals surface area contributed by atoms with Gasteiger partial charge in [0.05, 0.1) is 54.9 Å². The summed E-state index contributed by atoms with van der Waals surface area (Å²) in [6.07, 6.45) is 0. The number of hydrogen-bond donors (Lipinski definition) is 1. The number of carboxylic acids is 4. The highest BCUT2D eigenvalue weighted by Gasteiger charge is 2.28. The van der Waals surface area contributed by atoms with Crippen LogP contribution in [0.4, 0.5) is 5.69 Å². The van der Waals surface area contributed by atoms with Crippen molar-refractivity contribution in [3.05, 3.63) is 54.1 Å². The molecule has 3 aromatic rings. The lowest BCUT2D eigenvalue weighted by atomic mass is 9.95. The van der Waals surface area contributed by atoms with Crippen molar-refractivity contribution in [3.8, 4) is 22.5 Å². The van der Waals surface area contributed by atoms with E-state index >= 15 is 0 Å². The van der Waals surface area contributed by atoms with E-state index < -0.39 is 56.0 Å². The number of nitrogens with zero attached hydrogens (tertiary/aromatic N) is 7. The van der Waals surface area contributed by atoms with Crippen LogP contribution in [0.1, 0.15) is 12.5 Å². The van der Waals surface area contributed by atoms with Crippen molar-refractivity contribution in [2.75, 3.05) is 70.3 Å². The van der Waals surface area contributed by atoms with Crippen molar-refractivity contribution in [2.24, 2.45) is 0 Å². The third kappa shape index (κ3) is 10.9. The Kier molecular flexibility index (Phi) is 13.3. The first kappa shape index (κ1) is 38.1. The number of amides is 2. The Labute approximate surface area is 292 Å². The summed E-state index contributed by atoms with van der Waals surface area (Å²) < 4.78 is 1.65. The smallest absolute Gasteiger partial charge is 0.234 e. The number of carboxylic acid groups (broad SMARTS) is 4. The third-order valence-corrected chi connectivity index (χ3v) is 8.05. The van der Waals surface area contributed by atoms with E-state index in [1.165, 1.54) is 11.8 Å². The van der Waals surface area contributed by atoms with Crippen molar-refractivity contribution < 1.29 is 49.2 Å². The van der Waals surface area contributed by atoms with E-state index in [9.17, 15) is 49.2 Å². The molecule has 0 aliphatic carbocycles. The fraction of sp³-hybridized carbons (Fsp3) is 0.394. The number of benzene rings is 2. The van der Waals surface area contributed by atoms with Crippen molar-refractivity contribution >= 4 is 41.4 Å². The number of para-hydroxylation sites is 1. The second-order valence-corrected chi connectivity index (χ2v) is 11.8. The summed E-state index contributed by atoms with van der Waals surface area (Å²) in [4.78, 5) is 75.6. The molecule has 0 radical (unpaired) electrons. The summed E-state index contributed by atoms with van der Waals surface area (Å²) >= 11 is 0. The van der Waals surface area contributed by atoms with Gasteiger partial charge in [-0.1, -0.05) is 47.7 Å². The lowest BCUT2D eigenvalue weighted by Gasteiger charge is -2.30. The van der Waals surface area contributed by atoms with E-state index in [4.69, 9.17) is 0 Å². The second kappa shape index (κ2) is 17.8. The molecule has 1 aliphatic heterocycles. The number of carbonyl (C=O) groups excluding carboxylic acids is 6. The Morgan fingerprint density at radius 1 is 0.706 bits per heavy atom. The summed E-state index contributed by atoms with van der Waals surface area (Å²) in [5.74, 6) is -6.74. The molecule has 51 heavy (non-hydrogen) atoms. The normalized spacial score (nSPS) is 12.1. The Morgan fingerprint density at radius 3 is 1.76 bits per heavy atom. The maximum absolute atomic E-state index is 13.2. The molecular weight excluding hydrogens is 668 g/mol. The van der Waals surface area contributed by atoms with Gasteiger partial charge < -0.3 is 49.8 Å². The van der Waals surface area contributed by atoms with E-state index in [0.29, 0.717) is 29.2 Å². The Bertz CT molecular complexity index is 1690. The number of aromatic nitrogens is 3. The van der Waals surface area contributed by atoms with Crippen LogP contribution in [0.25, 0.3) is 22.5 Å². The Hall–Kier alpha value is -5.72. The molecule has 1 N–H and O–H groups in total. The first-order valence-electron chi connectivity index (χ1n) is 15.9. The van der Waals surface area contributed by atoms with Gasteiger partial charge in [-0.15, -0.1) is 5.10 Å². The van der Waals surface area contributed by atoms with Crippen molar-refractivity contribution in [2.45, 2.75) is 20.0 Å². The van der Waals surface area contributed by atoms with E-state index in [1.807, 2.05) is 48.5 Å². The summed E-state index contributed by atoms with van der Waals surface area (Å²) in [7, 11) is 0. The number of nitrogens with one attached hydrogen (secondary N) is 1. The van der Waals surface area contributed by atoms with Gasteiger partial charge in [-0.05, 0) is 11.6 Å². The molecule has 0 saturated heterocycles. The molecule has 0 fully saturated rings. The average Bonchev–Trinajstić information content (AvgIpc) is 3.45. The van der Waals surface area contributed by atoms with Gasteiger partial charge in [0.1, 0.15) is 5.69 Å². The van der Waals surface area contributed by atoms with Crippen LogP contribution in [0.3, 0.4) is 0 Å². The molecule has 2 aromatic carbocycles. The molecule has 4 rings (SSSR count). The van der Waals surface area contributed by atoms with E-state index in [0.717, 1.165) is 20.9 Å². The summed E-state index contributed by atoms with van der Waals surface area (Å²) in [5, 5.41) is 56.2. The predicted molar refractivity (Wildman–Crippen MR) is 170 cm³/mol. The first-order chi connectivity index (χ1) is 24.3. The number of fused-ring (bicyclic) bond motifs is 5. The Morgan fingerprint density at radius 2 is 1.22 bits per heavy atom. The molecule has 0 unspecified atom stereocenters. The number of rotatable bonds is 19. The fourth-order valence-corrected chi connectivity index (χ4v) is 5.81. The van der Waals surface area contributed by atoms with E-state index in [1.54, 1.807) is 9.58 Å². The molecule has 2 heterocycles. The zero-order valence-electron chi connectivity index (χ0n) is 27.8. The standard InChI is InChI=1S/C33H40N8O10/c1-22(42)40-16-23-6-2-3-7-24(23)33-32(25-8-4-5-9-26(25)40)35-36-41(33)11-10-34-27(43)17-37(12-14-38(18-28(44)45)19-29(46)47)13-15-39(20-30(48)49)21-31(50)51/h2-9H,10-21H2,1H3,(H,34,43)(H,44,45)(H,46,47)(H,48,49)(H,50,51)/p-4. The minimum absolute atomic E-state index is 0.0531. The third-order valence-electron chi connectivity index (χ3n) is 8.05. The molecule has 18 nitrogen and oxygen atoms in total. The van der Waals surface area contributed by atoms with Gasteiger partial charge in [-0.2, -0.15) is 0 Å². The van der Waals surface area contributed by atoms with Crippen molar-refractivity contribution in [1.29, 1.82) is 0 Å². The SMILES string of the molecule is CC(=O)N1Cc2ccccc2-c2c(nnn2CCNC(=O)CN(CCN(CC(=O)[O-])CC(=O)[O-])CCN(CC(=O)[O-])CC(=O)[O-])-c2ccccc21. The van der Waals surface area contributed by atoms with Crippen molar-refractivity contribution in [3.63, 3.8) is 0 Å². The maximum Gasteiger partial charge on any atom is 0.234 e. The molecule has 0 spiro atoms. The van der Waals surface area contributed by atoms with Gasteiger partial charge in [0, 0.05) is 77.0 Å². The van der Waals surface area contributed by atoms with Crippen LogP contribution in [0, 0.1) is 0 Å². The molecule has 0 saturated carbocycles. The van der Waals surface area contributed by atoms with Gasteiger partial charge in [-0.25, -0.2) is 4.68 Å². The zero-order valence-corrected chi connectivity index (χ0v) is 27.8. The molecular formula is C33H36N8O10-4. The number of carbonyl (C=O) groups is 6. The van der Waals surface area contributed by atoms with Crippen LogP contribution in [0.15, 0.2) is 48.5 Å². The fourth-order valence-electron chi connectivity index (χ4n) is 5.81. The molecule has 18 heteroatoms. The quantitative estimate of drug-likeness (QED) is 0.122. The second-order valence-electron chi connectivity index (χ2n) is 11.8. The van der Waals surface area contributed by atoms with Gasteiger partial charge in [0.15, 0.2) is 0 Å². The summed E-state index contributed by atoms with van der Waals surface area (Å²) in [6.45, 7) is -1.50. The molecule has 1 aliphatic rings. The van der Waals surface area contributed by atoms with Gasteiger partial charge in [0.2, 0.25) is 11.8 Å². The van der Waals surface area contributed by atoms with Gasteiger partial charge >= 0.3 is 0 Å². The summed E-state index contributed by atoms with van der Waals surface area (Å²) in [6, 6.07) is 14.9. The topological polar surface area (TPSA) is 250 Å². The first-order valence-corrected chi connectivity index (χ1v) is 15.9. The number of hydrogen-bond acceptors (Lipinski definition) is 15.